The summed E-state index contributed by atoms with van der Waals surface area (Å²) in [5.74, 6) is -0.748. The quantitative estimate of drug-likeness (QED) is 0.490. The summed E-state index contributed by atoms with van der Waals surface area (Å²) in [4.78, 5) is 16.5. The van der Waals surface area contributed by atoms with Gasteiger partial charge in [0.15, 0.2) is 0 Å². The van der Waals surface area contributed by atoms with Gasteiger partial charge in [-0.3, -0.25) is 9.35 Å². The molecule has 0 spiro atoms. The number of halogens is 6. The van der Waals surface area contributed by atoms with Gasteiger partial charge in [0.25, 0.3) is 10.1 Å². The zero-order valence-electron chi connectivity index (χ0n) is 16.5. The van der Waals surface area contributed by atoms with Crippen molar-refractivity contribution in [1.29, 1.82) is 0 Å². The third-order valence-corrected chi connectivity index (χ3v) is 5.11. The number of amides is 1. The van der Waals surface area contributed by atoms with Crippen LogP contribution in [0, 0.1) is 0 Å². The first-order valence-corrected chi connectivity index (χ1v) is 10.4. The summed E-state index contributed by atoms with van der Waals surface area (Å²) < 4.78 is 109. The molecular formula is C18H17F6N3O5S. The van der Waals surface area contributed by atoms with E-state index in [2.05, 4.69) is 10.7 Å². The Hall–Kier alpha value is -2.91. The fourth-order valence-corrected chi connectivity index (χ4v) is 3.10. The average molecular weight is 501 g/mol. The van der Waals surface area contributed by atoms with Gasteiger partial charge in [0, 0.05) is 13.1 Å². The highest BCUT2D eigenvalue weighted by atomic mass is 32.2. The van der Waals surface area contributed by atoms with E-state index in [-0.39, 0.29) is 11.0 Å². The van der Waals surface area contributed by atoms with Crippen molar-refractivity contribution < 1.29 is 48.8 Å². The Kier molecular flexibility index (Phi) is 7.92. The van der Waals surface area contributed by atoms with Crippen LogP contribution in [0.5, 0.6) is 0 Å². The zero-order chi connectivity index (χ0) is 25.0. The van der Waals surface area contributed by atoms with E-state index >= 15 is 0 Å². The third-order valence-electron chi connectivity index (χ3n) is 4.27. The summed E-state index contributed by atoms with van der Waals surface area (Å²) in [5.41, 5.74) is 0.470. The summed E-state index contributed by atoms with van der Waals surface area (Å²) in [5, 5.41) is 0. The highest BCUT2D eigenvalue weighted by molar-refractivity contribution is 7.85. The van der Waals surface area contributed by atoms with Gasteiger partial charge in [-0.1, -0.05) is 0 Å². The Morgan fingerprint density at radius 1 is 1.03 bits per heavy atom. The van der Waals surface area contributed by atoms with E-state index in [9.17, 15) is 39.6 Å². The number of alkyl halides is 6. The van der Waals surface area contributed by atoms with Crippen molar-refractivity contribution in [3.8, 4) is 0 Å². The van der Waals surface area contributed by atoms with Gasteiger partial charge in [0.1, 0.15) is 10.7 Å². The molecule has 3 rings (SSSR count). The molecule has 182 valence electrons. The van der Waals surface area contributed by atoms with Crippen molar-refractivity contribution in [2.24, 2.45) is 5.73 Å². The number of carbonyl (C=O) groups excluding carboxylic acids is 1. The molecule has 1 aromatic heterocycles. The number of morpholine rings is 1. The highest BCUT2D eigenvalue weighted by Crippen LogP contribution is 2.37. The van der Waals surface area contributed by atoms with Gasteiger partial charge in [-0.25, -0.2) is 4.98 Å². The lowest BCUT2D eigenvalue weighted by Crippen LogP contribution is -2.36. The van der Waals surface area contributed by atoms with Gasteiger partial charge >= 0.3 is 12.4 Å². The lowest BCUT2D eigenvalue weighted by atomic mass is 10.0. The maximum absolute atomic E-state index is 12.4. The molecule has 2 heterocycles. The molecule has 3 N–H and O–H groups in total. The molecule has 1 fully saturated rings. The Morgan fingerprint density at radius 2 is 1.64 bits per heavy atom. The van der Waals surface area contributed by atoms with Crippen LogP contribution < -0.4 is 10.6 Å². The second-order valence-electron chi connectivity index (χ2n) is 6.55. The standard InChI is InChI=1S/C9H5F6NO.C9H12N2O4S/c10-8(11,12)4-1-2-5(7(16)17)6(3-4)9(13,14)15;12-16(13,14)8-1-2-9(10-7-8)11-3-5-15-6-4-11/h1-3H,(H2,16,17);1-2,7H,3-6H2,(H,12,13,14). The van der Waals surface area contributed by atoms with Crippen LogP contribution in [0.25, 0.3) is 0 Å². The molecule has 1 aliphatic heterocycles. The summed E-state index contributed by atoms with van der Waals surface area (Å²) in [7, 11) is -4.16. The number of hydrogen-bond acceptors (Lipinski definition) is 6. The van der Waals surface area contributed by atoms with E-state index < -0.39 is 45.1 Å². The monoisotopic (exact) mass is 501 g/mol. The predicted molar refractivity (Wildman–Crippen MR) is 102 cm³/mol. The first kappa shape index (κ1) is 26.3. The lowest BCUT2D eigenvalue weighted by molar-refractivity contribution is -0.143. The minimum absolute atomic E-state index is 0.139. The normalized spacial score (nSPS) is 14.9. The SMILES string of the molecule is NC(=O)c1ccc(C(F)(F)F)cc1C(F)(F)F.O=S(=O)(O)c1ccc(N2CCOCC2)nc1. The first-order valence-electron chi connectivity index (χ1n) is 8.95. The molecule has 0 bridgehead atoms. The van der Waals surface area contributed by atoms with E-state index in [0.717, 1.165) is 19.3 Å². The summed E-state index contributed by atoms with van der Waals surface area (Å²) in [6.07, 6.45) is -8.85. The van der Waals surface area contributed by atoms with Crippen molar-refractivity contribution in [2.75, 3.05) is 31.2 Å². The van der Waals surface area contributed by atoms with E-state index in [1.54, 1.807) is 6.07 Å². The maximum atomic E-state index is 12.4. The third kappa shape index (κ3) is 7.30. The van der Waals surface area contributed by atoms with Crippen LogP contribution in [0.4, 0.5) is 32.2 Å². The number of nitrogens with two attached hydrogens (primary N) is 1. The lowest BCUT2D eigenvalue weighted by Gasteiger charge is -2.27. The molecular weight excluding hydrogens is 484 g/mol. The topological polar surface area (TPSA) is 123 Å². The molecule has 15 heteroatoms. The molecule has 1 saturated heterocycles. The van der Waals surface area contributed by atoms with Crippen molar-refractivity contribution in [3.63, 3.8) is 0 Å². The van der Waals surface area contributed by atoms with E-state index in [1.165, 1.54) is 6.07 Å². The minimum atomic E-state index is -5.08. The van der Waals surface area contributed by atoms with Gasteiger partial charge in [0.05, 0.1) is 36.1 Å². The minimum Gasteiger partial charge on any atom is -0.378 e. The number of benzene rings is 1. The van der Waals surface area contributed by atoms with E-state index in [1.807, 2.05) is 4.90 Å². The maximum Gasteiger partial charge on any atom is 0.417 e. The molecule has 1 aliphatic rings. The fraction of sp³-hybridized carbons (Fsp3) is 0.333. The van der Waals surface area contributed by atoms with E-state index in [0.29, 0.717) is 31.2 Å². The van der Waals surface area contributed by atoms with Gasteiger partial charge in [-0.15, -0.1) is 0 Å². The Balaban J connectivity index is 0.000000234. The second-order valence-corrected chi connectivity index (χ2v) is 7.97. The summed E-state index contributed by atoms with van der Waals surface area (Å²) >= 11 is 0. The molecule has 33 heavy (non-hydrogen) atoms. The Bertz CT molecular complexity index is 1080. The van der Waals surface area contributed by atoms with Crippen LogP contribution in [0.1, 0.15) is 21.5 Å². The molecule has 0 aliphatic carbocycles. The number of primary amides is 1. The Labute approximate surface area is 183 Å². The van der Waals surface area contributed by atoms with E-state index in [4.69, 9.17) is 9.29 Å². The number of pyridine rings is 1. The summed E-state index contributed by atoms with van der Waals surface area (Å²) in [6.45, 7) is 2.75. The molecule has 0 radical (unpaired) electrons. The molecule has 0 saturated carbocycles. The van der Waals surface area contributed by atoms with Crippen LogP contribution in [-0.4, -0.2) is 50.2 Å². The number of nitrogens with zero attached hydrogens (tertiary/aromatic N) is 2. The molecule has 8 nitrogen and oxygen atoms in total. The second kappa shape index (κ2) is 9.93. The van der Waals surface area contributed by atoms with Crippen LogP contribution >= 0.6 is 0 Å². The number of aromatic nitrogens is 1. The molecule has 2 aromatic rings. The smallest absolute Gasteiger partial charge is 0.378 e. The molecule has 1 aromatic carbocycles. The Morgan fingerprint density at radius 3 is 2.06 bits per heavy atom. The molecule has 0 unspecified atom stereocenters. The fourth-order valence-electron chi connectivity index (χ4n) is 2.67. The van der Waals surface area contributed by atoms with Crippen LogP contribution in [0.15, 0.2) is 41.4 Å². The number of carbonyl (C=O) groups is 1. The van der Waals surface area contributed by atoms with Crippen molar-refractivity contribution in [3.05, 3.63) is 53.2 Å². The zero-order valence-corrected chi connectivity index (χ0v) is 17.3. The highest BCUT2D eigenvalue weighted by Gasteiger charge is 2.39. The largest absolute Gasteiger partial charge is 0.417 e. The average Bonchev–Trinajstić information content (AvgIpc) is 2.72. The van der Waals surface area contributed by atoms with Crippen molar-refractivity contribution in [2.45, 2.75) is 17.2 Å². The number of ether oxygens (including phenoxy) is 1. The van der Waals surface area contributed by atoms with Gasteiger partial charge < -0.3 is 15.4 Å². The molecule has 1 amide bonds. The van der Waals surface area contributed by atoms with Crippen LogP contribution in [0.3, 0.4) is 0 Å². The number of hydrogen-bond donors (Lipinski definition) is 2. The van der Waals surface area contributed by atoms with Gasteiger partial charge in [-0.05, 0) is 30.3 Å². The van der Waals surface area contributed by atoms with Gasteiger partial charge in [-0.2, -0.15) is 34.8 Å². The van der Waals surface area contributed by atoms with Crippen LogP contribution in [-0.2, 0) is 27.2 Å². The molecule has 0 atom stereocenters. The number of anilines is 1. The van der Waals surface area contributed by atoms with Gasteiger partial charge in [0.2, 0.25) is 5.91 Å². The first-order chi connectivity index (χ1) is 15.1. The van der Waals surface area contributed by atoms with Crippen LogP contribution in [0.2, 0.25) is 0 Å². The van der Waals surface area contributed by atoms with Crippen molar-refractivity contribution in [1.82, 2.24) is 4.98 Å². The predicted octanol–water partition coefficient (Wildman–Crippen LogP) is 2.99. The number of rotatable bonds is 3. The van der Waals surface area contributed by atoms with Crippen molar-refractivity contribution >= 4 is 21.8 Å². The summed E-state index contributed by atoms with van der Waals surface area (Å²) in [6, 6.07) is 3.56.